The SMILES string of the molecule is CCOc1ccc(/C=C/C(=O)N2CCc3cc(S(=O)(=O)NC4CCCC4)ccc32)cc1OC. The lowest BCUT2D eigenvalue weighted by molar-refractivity contribution is -0.114. The van der Waals surface area contributed by atoms with Crippen LogP contribution in [0.3, 0.4) is 0 Å². The molecule has 7 nitrogen and oxygen atoms in total. The number of sulfonamides is 1. The highest BCUT2D eigenvalue weighted by molar-refractivity contribution is 7.89. The first kappa shape index (κ1) is 23.3. The Morgan fingerprint density at radius 1 is 1.15 bits per heavy atom. The van der Waals surface area contributed by atoms with Gasteiger partial charge in [-0.3, -0.25) is 4.79 Å². The first-order valence-electron chi connectivity index (χ1n) is 11.4. The first-order chi connectivity index (χ1) is 15.9. The van der Waals surface area contributed by atoms with E-state index in [9.17, 15) is 13.2 Å². The number of amides is 1. The quantitative estimate of drug-likeness (QED) is 0.591. The minimum atomic E-state index is -3.55. The van der Waals surface area contributed by atoms with Gasteiger partial charge in [-0.2, -0.15) is 0 Å². The molecule has 33 heavy (non-hydrogen) atoms. The number of methoxy groups -OCH3 is 1. The number of hydrogen-bond acceptors (Lipinski definition) is 5. The molecule has 0 bridgehead atoms. The summed E-state index contributed by atoms with van der Waals surface area (Å²) in [4.78, 5) is 14.8. The molecule has 0 radical (unpaired) electrons. The van der Waals surface area contributed by atoms with E-state index in [0.717, 1.165) is 42.5 Å². The second kappa shape index (κ2) is 9.97. The number of nitrogens with one attached hydrogen (secondary N) is 1. The van der Waals surface area contributed by atoms with Gasteiger partial charge in [0, 0.05) is 24.4 Å². The average molecular weight is 471 g/mol. The smallest absolute Gasteiger partial charge is 0.251 e. The van der Waals surface area contributed by atoms with E-state index in [0.29, 0.717) is 31.1 Å². The molecule has 1 heterocycles. The van der Waals surface area contributed by atoms with Crippen LogP contribution in [0, 0.1) is 0 Å². The Bertz CT molecular complexity index is 1150. The number of fused-ring (bicyclic) bond motifs is 1. The molecule has 1 saturated carbocycles. The standard InChI is InChI=1S/C25H30N2O5S/c1-3-32-23-12-8-18(16-24(23)31-2)9-13-25(28)27-15-14-19-17-21(10-11-22(19)27)33(29,30)26-20-6-4-5-7-20/h8-13,16-17,20,26H,3-7,14-15H2,1-2H3/b13-9+. The molecule has 2 aliphatic rings. The Hall–Kier alpha value is -2.84. The molecule has 4 rings (SSSR count). The molecule has 0 spiro atoms. The van der Waals surface area contributed by atoms with Crippen LogP contribution in [0.2, 0.25) is 0 Å². The van der Waals surface area contributed by atoms with Gasteiger partial charge in [0.1, 0.15) is 0 Å². The van der Waals surface area contributed by atoms with Crippen LogP contribution >= 0.6 is 0 Å². The second-order valence-corrected chi connectivity index (χ2v) is 10.0. The Balaban J connectivity index is 1.47. The van der Waals surface area contributed by atoms with Crippen molar-refractivity contribution in [3.8, 4) is 11.5 Å². The maximum atomic E-state index is 12.9. The van der Waals surface area contributed by atoms with Gasteiger partial charge in [-0.25, -0.2) is 13.1 Å². The fraction of sp³-hybridized carbons (Fsp3) is 0.400. The Morgan fingerprint density at radius 3 is 2.67 bits per heavy atom. The summed E-state index contributed by atoms with van der Waals surface area (Å²) < 4.78 is 39.2. The zero-order valence-corrected chi connectivity index (χ0v) is 19.9. The molecule has 0 atom stereocenters. The van der Waals surface area contributed by atoms with Gasteiger partial charge in [-0.05, 0) is 73.7 Å². The number of ether oxygens (including phenoxy) is 2. The van der Waals surface area contributed by atoms with Crippen molar-refractivity contribution in [1.82, 2.24) is 4.72 Å². The zero-order valence-electron chi connectivity index (χ0n) is 19.0. The van der Waals surface area contributed by atoms with Crippen LogP contribution in [-0.2, 0) is 21.2 Å². The fourth-order valence-electron chi connectivity index (χ4n) is 4.43. The molecule has 2 aromatic carbocycles. The molecular formula is C25H30N2O5S. The van der Waals surface area contributed by atoms with Gasteiger partial charge in [0.15, 0.2) is 11.5 Å². The summed E-state index contributed by atoms with van der Waals surface area (Å²) in [6, 6.07) is 10.5. The number of rotatable bonds is 8. The van der Waals surface area contributed by atoms with E-state index in [1.807, 2.05) is 25.1 Å². The second-order valence-electron chi connectivity index (χ2n) is 8.31. The third-order valence-electron chi connectivity index (χ3n) is 6.11. The maximum absolute atomic E-state index is 12.9. The summed E-state index contributed by atoms with van der Waals surface area (Å²) in [5, 5.41) is 0. The molecule has 1 aliphatic carbocycles. The van der Waals surface area contributed by atoms with Crippen LogP contribution in [0.1, 0.15) is 43.7 Å². The maximum Gasteiger partial charge on any atom is 0.251 e. The fourth-order valence-corrected chi connectivity index (χ4v) is 5.78. The third kappa shape index (κ3) is 5.23. The van der Waals surface area contributed by atoms with Gasteiger partial charge >= 0.3 is 0 Å². The average Bonchev–Trinajstić information content (AvgIpc) is 3.47. The molecule has 1 fully saturated rings. The summed E-state index contributed by atoms with van der Waals surface area (Å²) >= 11 is 0. The van der Waals surface area contributed by atoms with E-state index in [-0.39, 0.29) is 16.8 Å². The molecule has 0 saturated heterocycles. The monoisotopic (exact) mass is 470 g/mol. The predicted octanol–water partition coefficient (Wildman–Crippen LogP) is 3.92. The van der Waals surface area contributed by atoms with Crippen molar-refractivity contribution in [3.63, 3.8) is 0 Å². The summed E-state index contributed by atoms with van der Waals surface area (Å²) in [7, 11) is -1.97. The highest BCUT2D eigenvalue weighted by atomic mass is 32.2. The van der Waals surface area contributed by atoms with E-state index >= 15 is 0 Å². The van der Waals surface area contributed by atoms with Crippen LogP contribution in [-0.4, -0.2) is 40.6 Å². The highest BCUT2D eigenvalue weighted by Crippen LogP contribution is 2.32. The van der Waals surface area contributed by atoms with Crippen molar-refractivity contribution in [2.45, 2.75) is 50.0 Å². The minimum absolute atomic E-state index is 0.0210. The number of benzene rings is 2. The van der Waals surface area contributed by atoms with Gasteiger partial charge in [-0.1, -0.05) is 18.9 Å². The van der Waals surface area contributed by atoms with Gasteiger partial charge in [0.2, 0.25) is 10.0 Å². The lowest BCUT2D eigenvalue weighted by Gasteiger charge is -2.16. The molecule has 0 aromatic heterocycles. The lowest BCUT2D eigenvalue weighted by atomic mass is 10.1. The Morgan fingerprint density at radius 2 is 1.94 bits per heavy atom. The van der Waals surface area contributed by atoms with Gasteiger partial charge in [0.25, 0.3) is 5.91 Å². The van der Waals surface area contributed by atoms with Crippen LogP contribution in [0.25, 0.3) is 6.08 Å². The first-order valence-corrected chi connectivity index (χ1v) is 12.9. The third-order valence-corrected chi connectivity index (χ3v) is 7.62. The molecule has 1 aliphatic heterocycles. The zero-order chi connectivity index (χ0) is 23.4. The van der Waals surface area contributed by atoms with Crippen LogP contribution in [0.5, 0.6) is 11.5 Å². The van der Waals surface area contributed by atoms with Crippen molar-refractivity contribution >= 4 is 27.7 Å². The van der Waals surface area contributed by atoms with Gasteiger partial charge in [0.05, 0.1) is 18.6 Å². The molecular weight excluding hydrogens is 440 g/mol. The van der Waals surface area contributed by atoms with Crippen LogP contribution < -0.4 is 19.1 Å². The highest BCUT2D eigenvalue weighted by Gasteiger charge is 2.27. The van der Waals surface area contributed by atoms with Gasteiger partial charge in [-0.15, -0.1) is 0 Å². The summed E-state index contributed by atoms with van der Waals surface area (Å²) in [5.41, 5.74) is 2.45. The summed E-state index contributed by atoms with van der Waals surface area (Å²) in [6.45, 7) is 2.97. The van der Waals surface area contributed by atoms with E-state index < -0.39 is 10.0 Å². The Labute approximate surface area is 195 Å². The number of anilines is 1. The largest absolute Gasteiger partial charge is 0.493 e. The van der Waals surface area contributed by atoms with Crippen LogP contribution in [0.15, 0.2) is 47.4 Å². The Kier molecular flexibility index (Phi) is 7.05. The number of carbonyl (C=O) groups is 1. The van der Waals surface area contributed by atoms with Crippen molar-refractivity contribution in [3.05, 3.63) is 53.6 Å². The van der Waals surface area contributed by atoms with Crippen molar-refractivity contribution in [2.24, 2.45) is 0 Å². The lowest BCUT2D eigenvalue weighted by Crippen LogP contribution is -2.32. The van der Waals surface area contributed by atoms with E-state index in [1.165, 1.54) is 6.08 Å². The molecule has 1 N–H and O–H groups in total. The molecule has 0 unspecified atom stereocenters. The van der Waals surface area contributed by atoms with E-state index in [1.54, 1.807) is 36.3 Å². The molecule has 8 heteroatoms. The van der Waals surface area contributed by atoms with E-state index in [2.05, 4.69) is 4.72 Å². The molecule has 176 valence electrons. The number of hydrogen-bond donors (Lipinski definition) is 1. The van der Waals surface area contributed by atoms with Crippen molar-refractivity contribution < 1.29 is 22.7 Å². The normalized spacial score (nSPS) is 16.4. The topological polar surface area (TPSA) is 84.9 Å². The van der Waals surface area contributed by atoms with E-state index in [4.69, 9.17) is 9.47 Å². The van der Waals surface area contributed by atoms with Crippen molar-refractivity contribution in [1.29, 1.82) is 0 Å². The summed E-state index contributed by atoms with van der Waals surface area (Å²) in [5.74, 6) is 1.12. The molecule has 2 aromatic rings. The predicted molar refractivity (Wildman–Crippen MR) is 128 cm³/mol. The molecule has 1 amide bonds. The van der Waals surface area contributed by atoms with Crippen molar-refractivity contribution in [2.75, 3.05) is 25.2 Å². The van der Waals surface area contributed by atoms with Gasteiger partial charge < -0.3 is 14.4 Å². The number of carbonyl (C=O) groups excluding carboxylic acids is 1. The summed E-state index contributed by atoms with van der Waals surface area (Å²) in [6.07, 6.45) is 7.78. The number of nitrogens with zero attached hydrogens (tertiary/aromatic N) is 1. The van der Waals surface area contributed by atoms with Crippen LogP contribution in [0.4, 0.5) is 5.69 Å². The minimum Gasteiger partial charge on any atom is -0.493 e.